The molecule has 1 aliphatic rings. The maximum atomic E-state index is 10.5. The molecule has 1 atom stereocenters. The highest BCUT2D eigenvalue weighted by atomic mass is 16.1. The number of hydrogen-bond donors (Lipinski definition) is 0. The molecule has 0 N–H and O–H groups in total. The Morgan fingerprint density at radius 3 is 2.64 bits per heavy atom. The van der Waals surface area contributed by atoms with Crippen LogP contribution in [0.15, 0.2) is 23.3 Å². The second-order valence-corrected chi connectivity index (χ2v) is 3.26. The summed E-state index contributed by atoms with van der Waals surface area (Å²) in [7, 11) is 0. The first-order valence-electron chi connectivity index (χ1n) is 3.97. The van der Waals surface area contributed by atoms with Crippen molar-refractivity contribution in [2.75, 3.05) is 0 Å². The van der Waals surface area contributed by atoms with Gasteiger partial charge in [-0.05, 0) is 32.3 Å². The zero-order valence-corrected chi connectivity index (χ0v) is 7.18. The Hall–Kier alpha value is -0.850. The number of hydrogen-bond acceptors (Lipinski definition) is 1. The molecule has 1 nitrogen and oxygen atoms in total. The van der Waals surface area contributed by atoms with Gasteiger partial charge in [0.05, 0.1) is 0 Å². The van der Waals surface area contributed by atoms with Crippen molar-refractivity contribution < 1.29 is 4.79 Å². The van der Waals surface area contributed by atoms with Crippen molar-refractivity contribution >= 4 is 6.29 Å². The lowest BCUT2D eigenvalue weighted by Crippen LogP contribution is -1.96. The highest BCUT2D eigenvalue weighted by molar-refractivity contribution is 5.75. The van der Waals surface area contributed by atoms with Gasteiger partial charge in [-0.25, -0.2) is 0 Å². The molecule has 0 amide bonds. The van der Waals surface area contributed by atoms with E-state index in [1.54, 1.807) is 0 Å². The van der Waals surface area contributed by atoms with Crippen LogP contribution in [0.4, 0.5) is 0 Å². The minimum Gasteiger partial charge on any atom is -0.298 e. The molecule has 1 aliphatic carbocycles. The number of aldehydes is 1. The average Bonchev–Trinajstić information content (AvgIpc) is 2.30. The van der Waals surface area contributed by atoms with E-state index in [0.717, 1.165) is 24.7 Å². The number of allylic oxidation sites excluding steroid dienone is 3. The third-order valence-electron chi connectivity index (χ3n) is 2.47. The molecule has 0 fully saturated rings. The highest BCUT2D eigenvalue weighted by Gasteiger charge is 2.21. The topological polar surface area (TPSA) is 17.1 Å². The molecule has 0 aliphatic heterocycles. The molecule has 0 spiro atoms. The Kier molecular flexibility index (Phi) is 2.28. The van der Waals surface area contributed by atoms with Crippen LogP contribution in [0.1, 0.15) is 26.7 Å². The zero-order chi connectivity index (χ0) is 8.43. The van der Waals surface area contributed by atoms with E-state index in [4.69, 9.17) is 0 Å². The molecule has 0 aromatic heterocycles. The molecule has 0 heterocycles. The summed E-state index contributed by atoms with van der Waals surface area (Å²) in [6.45, 7) is 7.97. The monoisotopic (exact) mass is 150 g/mol. The fourth-order valence-electron chi connectivity index (χ4n) is 1.71. The van der Waals surface area contributed by atoms with Crippen LogP contribution in [-0.4, -0.2) is 6.29 Å². The van der Waals surface area contributed by atoms with Gasteiger partial charge in [-0.2, -0.15) is 0 Å². The van der Waals surface area contributed by atoms with Crippen molar-refractivity contribution in [2.24, 2.45) is 5.92 Å². The molecular formula is C10H14O. The van der Waals surface area contributed by atoms with Gasteiger partial charge in [0.2, 0.25) is 0 Å². The summed E-state index contributed by atoms with van der Waals surface area (Å²) < 4.78 is 0. The molecule has 11 heavy (non-hydrogen) atoms. The first kappa shape index (κ1) is 8.25. The maximum absolute atomic E-state index is 10.5. The van der Waals surface area contributed by atoms with Crippen LogP contribution in [0.3, 0.4) is 0 Å². The zero-order valence-electron chi connectivity index (χ0n) is 7.18. The summed E-state index contributed by atoms with van der Waals surface area (Å²) in [6.07, 6.45) is 3.00. The van der Waals surface area contributed by atoms with E-state index >= 15 is 0 Å². The van der Waals surface area contributed by atoms with E-state index in [9.17, 15) is 4.79 Å². The van der Waals surface area contributed by atoms with Gasteiger partial charge in [0.1, 0.15) is 6.29 Å². The fourth-order valence-corrected chi connectivity index (χ4v) is 1.71. The van der Waals surface area contributed by atoms with E-state index < -0.39 is 0 Å². The predicted molar refractivity (Wildman–Crippen MR) is 46.3 cm³/mol. The van der Waals surface area contributed by atoms with Gasteiger partial charge in [0.25, 0.3) is 0 Å². The van der Waals surface area contributed by atoms with Gasteiger partial charge < -0.3 is 0 Å². The third-order valence-corrected chi connectivity index (χ3v) is 2.47. The van der Waals surface area contributed by atoms with E-state index in [0.29, 0.717) is 5.92 Å². The van der Waals surface area contributed by atoms with Crippen LogP contribution >= 0.6 is 0 Å². The van der Waals surface area contributed by atoms with Crippen LogP contribution in [0.5, 0.6) is 0 Å². The van der Waals surface area contributed by atoms with Crippen LogP contribution in [0, 0.1) is 5.92 Å². The summed E-state index contributed by atoms with van der Waals surface area (Å²) >= 11 is 0. The second-order valence-electron chi connectivity index (χ2n) is 3.26. The molecule has 1 unspecified atom stereocenters. The molecule has 1 heteroatoms. The molecule has 0 radical (unpaired) electrons. The summed E-state index contributed by atoms with van der Waals surface area (Å²) in [6, 6.07) is 0. The van der Waals surface area contributed by atoms with E-state index in [2.05, 4.69) is 6.58 Å². The van der Waals surface area contributed by atoms with Gasteiger partial charge in [-0.3, -0.25) is 4.79 Å². The highest BCUT2D eigenvalue weighted by Crippen LogP contribution is 2.34. The lowest BCUT2D eigenvalue weighted by Gasteiger charge is -2.09. The third kappa shape index (κ3) is 1.42. The van der Waals surface area contributed by atoms with Crippen molar-refractivity contribution in [1.29, 1.82) is 0 Å². The first-order chi connectivity index (χ1) is 5.16. The smallest absolute Gasteiger partial charge is 0.145 e. The lowest BCUT2D eigenvalue weighted by atomic mass is 9.95. The number of rotatable bonds is 2. The summed E-state index contributed by atoms with van der Waals surface area (Å²) in [5, 5.41) is 0. The standard InChI is InChI=1S/C10H14O/c1-7(2)10-5-4-9(6-11)8(10)3/h6,10H,1,4-5H2,2-3H3. The normalized spacial score (nSPS) is 24.0. The predicted octanol–water partition coefficient (Wildman–Crippen LogP) is 2.49. The van der Waals surface area contributed by atoms with Gasteiger partial charge in [0, 0.05) is 5.92 Å². The molecule has 0 saturated heterocycles. The Labute approximate surface area is 67.8 Å². The van der Waals surface area contributed by atoms with Crippen LogP contribution < -0.4 is 0 Å². The van der Waals surface area contributed by atoms with Crippen molar-refractivity contribution in [3.8, 4) is 0 Å². The van der Waals surface area contributed by atoms with E-state index in [1.165, 1.54) is 11.1 Å². The molecule has 0 bridgehead atoms. The maximum Gasteiger partial charge on any atom is 0.145 e. The molecule has 60 valence electrons. The summed E-state index contributed by atoms with van der Waals surface area (Å²) in [5.74, 6) is 0.468. The van der Waals surface area contributed by atoms with Crippen molar-refractivity contribution in [1.82, 2.24) is 0 Å². The number of carbonyl (C=O) groups is 1. The van der Waals surface area contributed by atoms with Crippen LogP contribution in [0.2, 0.25) is 0 Å². The minimum atomic E-state index is 0.468. The van der Waals surface area contributed by atoms with Gasteiger partial charge in [0.15, 0.2) is 0 Å². The van der Waals surface area contributed by atoms with Crippen molar-refractivity contribution in [2.45, 2.75) is 26.7 Å². The Morgan fingerprint density at radius 2 is 2.36 bits per heavy atom. The second kappa shape index (κ2) is 3.04. The number of carbonyl (C=O) groups excluding carboxylic acids is 1. The molecule has 0 saturated carbocycles. The molecule has 1 rings (SSSR count). The van der Waals surface area contributed by atoms with E-state index in [1.807, 2.05) is 13.8 Å². The fraction of sp³-hybridized carbons (Fsp3) is 0.500. The molecular weight excluding hydrogens is 136 g/mol. The van der Waals surface area contributed by atoms with Gasteiger partial charge in [-0.15, -0.1) is 0 Å². The average molecular weight is 150 g/mol. The Balaban J connectivity index is 2.85. The minimum absolute atomic E-state index is 0.468. The van der Waals surface area contributed by atoms with Gasteiger partial charge >= 0.3 is 0 Å². The quantitative estimate of drug-likeness (QED) is 0.436. The SMILES string of the molecule is C=C(C)C1CCC(C=O)=C1C. The van der Waals surface area contributed by atoms with Crippen molar-refractivity contribution in [3.63, 3.8) is 0 Å². The molecule has 0 aromatic carbocycles. The molecule has 0 aromatic rings. The lowest BCUT2D eigenvalue weighted by molar-refractivity contribution is -0.105. The first-order valence-corrected chi connectivity index (χ1v) is 3.97. The van der Waals surface area contributed by atoms with Crippen molar-refractivity contribution in [3.05, 3.63) is 23.3 Å². The largest absolute Gasteiger partial charge is 0.298 e. The Bertz CT molecular complexity index is 223. The van der Waals surface area contributed by atoms with Gasteiger partial charge in [-0.1, -0.05) is 17.7 Å². The van der Waals surface area contributed by atoms with Crippen LogP contribution in [-0.2, 0) is 4.79 Å². The summed E-state index contributed by atoms with van der Waals surface area (Å²) in [5.41, 5.74) is 3.39. The van der Waals surface area contributed by atoms with Crippen LogP contribution in [0.25, 0.3) is 0 Å². The Morgan fingerprint density at radius 1 is 1.73 bits per heavy atom. The van der Waals surface area contributed by atoms with E-state index in [-0.39, 0.29) is 0 Å². The summed E-state index contributed by atoms with van der Waals surface area (Å²) in [4.78, 5) is 10.5.